The summed E-state index contributed by atoms with van der Waals surface area (Å²) in [5.41, 5.74) is 1.44. The van der Waals surface area contributed by atoms with E-state index in [4.69, 9.17) is 4.42 Å². The van der Waals surface area contributed by atoms with Crippen LogP contribution in [0.25, 0.3) is 0 Å². The highest BCUT2D eigenvalue weighted by Gasteiger charge is 2.09. The Labute approximate surface area is 139 Å². The van der Waals surface area contributed by atoms with E-state index in [1.54, 1.807) is 30.3 Å². The molecule has 0 fully saturated rings. The lowest BCUT2D eigenvalue weighted by Crippen LogP contribution is -2.41. The first kappa shape index (κ1) is 17.3. The molecule has 1 aromatic heterocycles. The minimum atomic E-state index is -0.441. The number of amides is 3. The van der Waals surface area contributed by atoms with Gasteiger partial charge >= 0.3 is 0 Å². The maximum atomic E-state index is 11.9. The van der Waals surface area contributed by atoms with Crippen molar-refractivity contribution in [3.05, 3.63) is 59.5 Å². The van der Waals surface area contributed by atoms with Gasteiger partial charge < -0.3 is 20.4 Å². The first-order valence-electron chi connectivity index (χ1n) is 7.45. The molecule has 0 aliphatic rings. The number of nitrogens with one attached hydrogen (secondary N) is 3. The molecule has 2 rings (SSSR count). The number of benzene rings is 1. The molecular weight excluding hydrogens is 310 g/mol. The number of furan rings is 1. The fourth-order valence-corrected chi connectivity index (χ4v) is 1.95. The third kappa shape index (κ3) is 5.60. The maximum absolute atomic E-state index is 11.9. The van der Waals surface area contributed by atoms with E-state index in [9.17, 15) is 14.4 Å². The van der Waals surface area contributed by atoms with Crippen molar-refractivity contribution >= 4 is 17.7 Å². The molecule has 3 N–H and O–H groups in total. The zero-order chi connectivity index (χ0) is 17.4. The summed E-state index contributed by atoms with van der Waals surface area (Å²) in [5.74, 6) is -0.495. The second-order valence-corrected chi connectivity index (χ2v) is 5.18. The van der Waals surface area contributed by atoms with Gasteiger partial charge in [-0.3, -0.25) is 14.4 Å². The van der Waals surface area contributed by atoms with Gasteiger partial charge in [-0.1, -0.05) is 17.7 Å². The number of hydrogen-bond acceptors (Lipinski definition) is 4. The molecule has 1 heterocycles. The van der Waals surface area contributed by atoms with Gasteiger partial charge in [0.2, 0.25) is 11.8 Å². The van der Waals surface area contributed by atoms with Gasteiger partial charge in [0.25, 0.3) is 5.91 Å². The van der Waals surface area contributed by atoms with E-state index in [1.165, 1.54) is 6.26 Å². The van der Waals surface area contributed by atoms with Crippen molar-refractivity contribution in [1.29, 1.82) is 0 Å². The van der Waals surface area contributed by atoms with Crippen LogP contribution < -0.4 is 16.0 Å². The molecule has 24 heavy (non-hydrogen) atoms. The van der Waals surface area contributed by atoms with Crippen LogP contribution in [0.4, 0.5) is 0 Å². The zero-order valence-corrected chi connectivity index (χ0v) is 13.3. The van der Waals surface area contributed by atoms with Crippen molar-refractivity contribution in [2.75, 3.05) is 13.1 Å². The summed E-state index contributed by atoms with van der Waals surface area (Å²) in [6.07, 6.45) is 1.51. The van der Waals surface area contributed by atoms with Crippen molar-refractivity contribution < 1.29 is 18.8 Å². The summed E-state index contributed by atoms with van der Waals surface area (Å²) >= 11 is 0. The highest BCUT2D eigenvalue weighted by Crippen LogP contribution is 2.03. The predicted octanol–water partition coefficient (Wildman–Crippen LogP) is 0.750. The monoisotopic (exact) mass is 329 g/mol. The molecule has 0 saturated heterocycles. The second-order valence-electron chi connectivity index (χ2n) is 5.18. The quantitative estimate of drug-likeness (QED) is 0.698. The Bertz CT molecular complexity index is 710. The molecule has 7 nitrogen and oxygen atoms in total. The topological polar surface area (TPSA) is 100 Å². The number of carbonyl (C=O) groups is 3. The maximum Gasteiger partial charge on any atom is 0.251 e. The lowest BCUT2D eigenvalue weighted by molar-refractivity contribution is -0.125. The smallest absolute Gasteiger partial charge is 0.251 e. The van der Waals surface area contributed by atoms with Gasteiger partial charge in [0.05, 0.1) is 25.9 Å². The molecule has 0 radical (unpaired) electrons. The first-order chi connectivity index (χ1) is 11.5. The molecule has 1 aromatic carbocycles. The van der Waals surface area contributed by atoms with E-state index >= 15 is 0 Å². The summed E-state index contributed by atoms with van der Waals surface area (Å²) in [6, 6.07) is 10.5. The lowest BCUT2D eigenvalue weighted by atomic mass is 10.1. The Morgan fingerprint density at radius 2 is 1.71 bits per heavy atom. The third-order valence-corrected chi connectivity index (χ3v) is 3.18. The van der Waals surface area contributed by atoms with Gasteiger partial charge in [0.15, 0.2) is 0 Å². The number of rotatable bonds is 7. The van der Waals surface area contributed by atoms with Gasteiger partial charge in [-0.2, -0.15) is 0 Å². The average molecular weight is 329 g/mol. The van der Waals surface area contributed by atoms with Crippen LogP contribution in [-0.2, 0) is 16.1 Å². The van der Waals surface area contributed by atoms with Crippen molar-refractivity contribution in [2.45, 2.75) is 13.5 Å². The third-order valence-electron chi connectivity index (χ3n) is 3.18. The summed E-state index contributed by atoms with van der Waals surface area (Å²) < 4.78 is 5.08. The standard InChI is InChI=1S/C17H19N3O4/c1-12-4-2-5-13(8-12)17(23)20-11-16(22)19-10-15(21)18-9-14-6-3-7-24-14/h2-8H,9-11H2,1H3,(H,18,21)(H,19,22)(H,20,23). The van der Waals surface area contributed by atoms with Crippen LogP contribution in [0.3, 0.4) is 0 Å². The van der Waals surface area contributed by atoms with Crippen molar-refractivity contribution in [3.8, 4) is 0 Å². The van der Waals surface area contributed by atoms with Crippen LogP contribution in [0.1, 0.15) is 21.7 Å². The van der Waals surface area contributed by atoms with E-state index in [0.29, 0.717) is 11.3 Å². The summed E-state index contributed by atoms with van der Waals surface area (Å²) in [6.45, 7) is 1.77. The highest BCUT2D eigenvalue weighted by molar-refractivity contribution is 5.96. The van der Waals surface area contributed by atoms with Crippen LogP contribution in [-0.4, -0.2) is 30.8 Å². The number of aryl methyl sites for hydroxylation is 1. The van der Waals surface area contributed by atoms with E-state index in [-0.39, 0.29) is 31.4 Å². The molecule has 3 amide bonds. The second kappa shape index (κ2) is 8.52. The highest BCUT2D eigenvalue weighted by atomic mass is 16.3. The van der Waals surface area contributed by atoms with Crippen LogP contribution in [0.5, 0.6) is 0 Å². The largest absolute Gasteiger partial charge is 0.467 e. The van der Waals surface area contributed by atoms with E-state index in [0.717, 1.165) is 5.56 Å². The SMILES string of the molecule is Cc1cccc(C(=O)NCC(=O)NCC(=O)NCc2ccco2)c1. The predicted molar refractivity (Wildman–Crippen MR) is 87.1 cm³/mol. The Kier molecular flexibility index (Phi) is 6.13. The minimum Gasteiger partial charge on any atom is -0.467 e. The van der Waals surface area contributed by atoms with Crippen molar-refractivity contribution in [3.63, 3.8) is 0 Å². The molecule has 7 heteroatoms. The van der Waals surface area contributed by atoms with Crippen LogP contribution in [0, 0.1) is 6.92 Å². The van der Waals surface area contributed by atoms with Crippen LogP contribution in [0.2, 0.25) is 0 Å². The molecule has 0 aliphatic carbocycles. The fourth-order valence-electron chi connectivity index (χ4n) is 1.95. The molecule has 0 aliphatic heterocycles. The van der Waals surface area contributed by atoms with Gasteiger partial charge in [0, 0.05) is 5.56 Å². The average Bonchev–Trinajstić information content (AvgIpc) is 3.09. The Balaban J connectivity index is 1.65. The Morgan fingerprint density at radius 1 is 0.958 bits per heavy atom. The van der Waals surface area contributed by atoms with E-state index < -0.39 is 5.91 Å². The Hall–Kier alpha value is -3.09. The summed E-state index contributed by atoms with van der Waals surface area (Å²) in [7, 11) is 0. The number of hydrogen-bond donors (Lipinski definition) is 3. The molecule has 0 bridgehead atoms. The van der Waals surface area contributed by atoms with Crippen molar-refractivity contribution in [1.82, 2.24) is 16.0 Å². The van der Waals surface area contributed by atoms with Crippen molar-refractivity contribution in [2.24, 2.45) is 0 Å². The molecule has 126 valence electrons. The molecule has 0 atom stereocenters. The van der Waals surface area contributed by atoms with Gasteiger partial charge in [-0.15, -0.1) is 0 Å². The summed E-state index contributed by atoms with van der Waals surface area (Å²) in [5, 5.41) is 7.54. The molecule has 0 saturated carbocycles. The van der Waals surface area contributed by atoms with Gasteiger partial charge in [-0.25, -0.2) is 0 Å². The normalized spacial score (nSPS) is 10.0. The minimum absolute atomic E-state index is 0.167. The lowest BCUT2D eigenvalue weighted by Gasteiger charge is -2.07. The fraction of sp³-hybridized carbons (Fsp3) is 0.235. The zero-order valence-electron chi connectivity index (χ0n) is 13.3. The van der Waals surface area contributed by atoms with Gasteiger partial charge in [-0.05, 0) is 31.2 Å². The van der Waals surface area contributed by atoms with Crippen LogP contribution >= 0.6 is 0 Å². The van der Waals surface area contributed by atoms with Crippen LogP contribution in [0.15, 0.2) is 47.1 Å². The van der Waals surface area contributed by atoms with E-state index in [2.05, 4.69) is 16.0 Å². The molecule has 0 spiro atoms. The summed E-state index contributed by atoms with van der Waals surface area (Å²) in [4.78, 5) is 35.1. The first-order valence-corrected chi connectivity index (χ1v) is 7.45. The molecular formula is C17H19N3O4. The molecule has 0 unspecified atom stereocenters. The molecule has 2 aromatic rings. The Morgan fingerprint density at radius 3 is 2.42 bits per heavy atom. The van der Waals surface area contributed by atoms with Gasteiger partial charge in [0.1, 0.15) is 5.76 Å². The number of carbonyl (C=O) groups excluding carboxylic acids is 3. The van der Waals surface area contributed by atoms with E-state index in [1.807, 2.05) is 13.0 Å².